The maximum absolute atomic E-state index is 14.0. The van der Waals surface area contributed by atoms with Crippen molar-refractivity contribution in [2.75, 3.05) is 5.32 Å². The number of aromatic hydroxyl groups is 1. The molecule has 0 aliphatic heterocycles. The molecule has 4 aromatic rings. The lowest BCUT2D eigenvalue weighted by Gasteiger charge is -2.10. The Labute approximate surface area is 187 Å². The van der Waals surface area contributed by atoms with E-state index in [0.717, 1.165) is 5.69 Å². The number of nitrogens with zero attached hydrogens (tertiary/aromatic N) is 3. The SMILES string of the molecule is O=C(O)c1ccccc1Cn1c(O)c(N=NC(=S)Nc2ccccc2)c2cc(F)ccc21. The van der Waals surface area contributed by atoms with Gasteiger partial charge in [-0.15, -0.1) is 10.2 Å². The van der Waals surface area contributed by atoms with Crippen molar-refractivity contribution in [3.8, 4) is 5.88 Å². The second kappa shape index (κ2) is 8.94. The topological polar surface area (TPSA) is 99.2 Å². The second-order valence-electron chi connectivity index (χ2n) is 6.88. The van der Waals surface area contributed by atoms with E-state index in [9.17, 15) is 19.4 Å². The molecule has 0 amide bonds. The Balaban J connectivity index is 1.73. The third-order valence-electron chi connectivity index (χ3n) is 4.81. The fourth-order valence-corrected chi connectivity index (χ4v) is 3.52. The Hall–Kier alpha value is -4.11. The molecule has 0 unspecified atom stereocenters. The Morgan fingerprint density at radius 2 is 1.78 bits per heavy atom. The molecule has 0 radical (unpaired) electrons. The number of hydrogen-bond donors (Lipinski definition) is 3. The van der Waals surface area contributed by atoms with Gasteiger partial charge < -0.3 is 20.1 Å². The van der Waals surface area contributed by atoms with Gasteiger partial charge in [-0.05, 0) is 54.2 Å². The number of azo groups is 1. The molecule has 160 valence electrons. The van der Waals surface area contributed by atoms with Crippen molar-refractivity contribution < 1.29 is 19.4 Å². The van der Waals surface area contributed by atoms with E-state index in [-0.39, 0.29) is 28.8 Å². The molecule has 9 heteroatoms. The highest BCUT2D eigenvalue weighted by molar-refractivity contribution is 7.80. The number of anilines is 1. The molecular formula is C23H17FN4O3S. The minimum absolute atomic E-state index is 0.0320. The average Bonchev–Trinajstić information content (AvgIpc) is 3.03. The average molecular weight is 448 g/mol. The third kappa shape index (κ3) is 4.33. The van der Waals surface area contributed by atoms with Crippen LogP contribution in [0.2, 0.25) is 0 Å². The zero-order valence-corrected chi connectivity index (χ0v) is 17.4. The van der Waals surface area contributed by atoms with E-state index in [1.807, 2.05) is 18.2 Å². The molecule has 0 aliphatic rings. The molecule has 0 aliphatic carbocycles. The number of aromatic carboxylic acids is 1. The summed E-state index contributed by atoms with van der Waals surface area (Å²) < 4.78 is 15.4. The molecule has 0 saturated heterocycles. The van der Waals surface area contributed by atoms with Crippen LogP contribution < -0.4 is 5.32 Å². The van der Waals surface area contributed by atoms with Crippen molar-refractivity contribution in [2.24, 2.45) is 10.2 Å². The van der Waals surface area contributed by atoms with Crippen LogP contribution in [0.25, 0.3) is 10.9 Å². The molecule has 3 N–H and O–H groups in total. The van der Waals surface area contributed by atoms with Gasteiger partial charge in [0.1, 0.15) is 5.82 Å². The number of carboxylic acid groups (broad SMARTS) is 1. The van der Waals surface area contributed by atoms with Crippen LogP contribution in [-0.2, 0) is 6.54 Å². The summed E-state index contributed by atoms with van der Waals surface area (Å²) in [5, 5.41) is 31.6. The normalized spacial score (nSPS) is 11.2. The standard InChI is InChI=1S/C23H17FN4O3S/c24-15-10-11-19-18(12-15)20(26-27-23(32)25-16-7-2-1-3-8-16)21(29)28(19)13-14-6-4-5-9-17(14)22(30)31/h1-12,29H,13H2,(H,25,32)(H,30,31). The van der Waals surface area contributed by atoms with Crippen LogP contribution in [0.3, 0.4) is 0 Å². The Bertz CT molecular complexity index is 1350. The molecular weight excluding hydrogens is 431 g/mol. The first kappa shape index (κ1) is 21.1. The van der Waals surface area contributed by atoms with Gasteiger partial charge in [-0.25, -0.2) is 9.18 Å². The van der Waals surface area contributed by atoms with Crippen LogP contribution in [0.15, 0.2) is 83.0 Å². The van der Waals surface area contributed by atoms with Crippen LogP contribution in [0.1, 0.15) is 15.9 Å². The van der Waals surface area contributed by atoms with Crippen molar-refractivity contribution in [3.05, 3.63) is 89.7 Å². The van der Waals surface area contributed by atoms with Crippen molar-refractivity contribution >= 4 is 45.6 Å². The summed E-state index contributed by atoms with van der Waals surface area (Å²) in [6.45, 7) is 0.0403. The molecule has 0 atom stereocenters. The lowest BCUT2D eigenvalue weighted by Crippen LogP contribution is -2.06. The Morgan fingerprint density at radius 3 is 2.53 bits per heavy atom. The number of aromatic nitrogens is 1. The fourth-order valence-electron chi connectivity index (χ4n) is 3.36. The zero-order valence-electron chi connectivity index (χ0n) is 16.6. The van der Waals surface area contributed by atoms with Gasteiger partial charge in [0.2, 0.25) is 11.0 Å². The summed E-state index contributed by atoms with van der Waals surface area (Å²) in [6.07, 6.45) is 0. The van der Waals surface area contributed by atoms with Gasteiger partial charge in [-0.1, -0.05) is 36.4 Å². The number of carboxylic acids is 1. The number of benzene rings is 3. The van der Waals surface area contributed by atoms with Crippen LogP contribution in [0, 0.1) is 5.82 Å². The fraction of sp³-hybridized carbons (Fsp3) is 0.0435. The zero-order chi connectivity index (χ0) is 22.7. The molecule has 3 aromatic carbocycles. The van der Waals surface area contributed by atoms with Gasteiger partial charge in [0.25, 0.3) is 0 Å². The number of thiocarbonyl (C=S) groups is 1. The van der Waals surface area contributed by atoms with Gasteiger partial charge in [0.15, 0.2) is 5.69 Å². The number of hydrogen-bond acceptors (Lipinski definition) is 4. The van der Waals surface area contributed by atoms with Gasteiger partial charge in [-0.3, -0.25) is 0 Å². The molecule has 1 heterocycles. The summed E-state index contributed by atoms with van der Waals surface area (Å²) >= 11 is 5.19. The number of halogens is 1. The third-order valence-corrected chi connectivity index (χ3v) is 5.00. The van der Waals surface area contributed by atoms with Crippen LogP contribution in [-0.4, -0.2) is 25.9 Å². The summed E-state index contributed by atoms with van der Waals surface area (Å²) in [6, 6.07) is 19.6. The molecule has 0 bridgehead atoms. The molecule has 1 aromatic heterocycles. The number of rotatable bonds is 5. The maximum atomic E-state index is 14.0. The number of para-hydroxylation sites is 1. The first-order chi connectivity index (χ1) is 15.4. The largest absolute Gasteiger partial charge is 0.493 e. The molecule has 7 nitrogen and oxygen atoms in total. The molecule has 32 heavy (non-hydrogen) atoms. The van der Waals surface area contributed by atoms with Crippen molar-refractivity contribution in [2.45, 2.75) is 6.54 Å². The summed E-state index contributed by atoms with van der Waals surface area (Å²) in [7, 11) is 0. The van der Waals surface area contributed by atoms with E-state index >= 15 is 0 Å². The molecule has 0 fully saturated rings. The first-order valence-corrected chi connectivity index (χ1v) is 9.94. The van der Waals surface area contributed by atoms with Crippen molar-refractivity contribution in [1.82, 2.24) is 4.57 Å². The van der Waals surface area contributed by atoms with E-state index < -0.39 is 11.8 Å². The highest BCUT2D eigenvalue weighted by Gasteiger charge is 2.19. The number of fused-ring (bicyclic) bond motifs is 1. The smallest absolute Gasteiger partial charge is 0.336 e. The lowest BCUT2D eigenvalue weighted by molar-refractivity contribution is 0.0695. The van der Waals surface area contributed by atoms with Gasteiger partial charge in [-0.2, -0.15) is 0 Å². The van der Waals surface area contributed by atoms with Crippen molar-refractivity contribution in [3.63, 3.8) is 0 Å². The number of carbonyl (C=O) groups is 1. The molecule has 4 rings (SSSR count). The van der Waals surface area contributed by atoms with E-state index in [1.54, 1.807) is 30.3 Å². The quantitative estimate of drug-likeness (QED) is 0.268. The number of nitrogens with one attached hydrogen (secondary N) is 1. The predicted octanol–water partition coefficient (Wildman–Crippen LogP) is 5.71. The van der Waals surface area contributed by atoms with Crippen LogP contribution >= 0.6 is 12.2 Å². The van der Waals surface area contributed by atoms with Gasteiger partial charge >= 0.3 is 5.97 Å². The maximum Gasteiger partial charge on any atom is 0.336 e. The van der Waals surface area contributed by atoms with Crippen LogP contribution in [0.4, 0.5) is 15.8 Å². The summed E-state index contributed by atoms with van der Waals surface area (Å²) in [5.41, 5.74) is 1.80. The van der Waals surface area contributed by atoms with E-state index in [0.29, 0.717) is 16.5 Å². The lowest BCUT2D eigenvalue weighted by atomic mass is 10.1. The van der Waals surface area contributed by atoms with E-state index in [2.05, 4.69) is 15.5 Å². The van der Waals surface area contributed by atoms with Crippen LogP contribution in [0.5, 0.6) is 5.88 Å². The predicted molar refractivity (Wildman–Crippen MR) is 123 cm³/mol. The molecule has 0 spiro atoms. The Morgan fingerprint density at radius 1 is 1.06 bits per heavy atom. The highest BCUT2D eigenvalue weighted by Crippen LogP contribution is 2.40. The second-order valence-corrected chi connectivity index (χ2v) is 7.27. The van der Waals surface area contributed by atoms with Crippen molar-refractivity contribution in [1.29, 1.82) is 0 Å². The van der Waals surface area contributed by atoms with Gasteiger partial charge in [0, 0.05) is 11.1 Å². The minimum atomic E-state index is -1.08. The van der Waals surface area contributed by atoms with E-state index in [4.69, 9.17) is 12.2 Å². The monoisotopic (exact) mass is 448 g/mol. The Kier molecular flexibility index (Phi) is 5.91. The summed E-state index contributed by atoms with van der Waals surface area (Å²) in [5.74, 6) is -1.88. The summed E-state index contributed by atoms with van der Waals surface area (Å²) in [4.78, 5) is 11.6. The highest BCUT2D eigenvalue weighted by atomic mass is 32.1. The molecule has 0 saturated carbocycles. The first-order valence-electron chi connectivity index (χ1n) is 9.53. The minimum Gasteiger partial charge on any atom is -0.493 e. The van der Waals surface area contributed by atoms with Gasteiger partial charge in [0.05, 0.1) is 17.6 Å². The van der Waals surface area contributed by atoms with E-state index in [1.165, 1.54) is 28.8 Å².